The van der Waals surface area contributed by atoms with Crippen molar-refractivity contribution in [2.24, 2.45) is 0 Å². The number of halogens is 3. The van der Waals surface area contributed by atoms with Crippen molar-refractivity contribution in [2.45, 2.75) is 25.1 Å². The van der Waals surface area contributed by atoms with Crippen LogP contribution in [-0.2, 0) is 12.1 Å². The summed E-state index contributed by atoms with van der Waals surface area (Å²) in [5.41, 5.74) is -1.49. The number of rotatable bonds is 6. The molecule has 0 unspecified atom stereocenters. The minimum absolute atomic E-state index is 0.202. The minimum atomic E-state index is -2.01. The Kier molecular flexibility index (Phi) is 5.73. The van der Waals surface area contributed by atoms with Gasteiger partial charge >= 0.3 is 0 Å². The molecule has 0 fully saturated rings. The molecule has 7 nitrogen and oxygen atoms in total. The quantitative estimate of drug-likeness (QED) is 0.379. The molecule has 3 aromatic heterocycles. The van der Waals surface area contributed by atoms with E-state index >= 15 is 0 Å². The zero-order valence-electron chi connectivity index (χ0n) is 18.3. The molecule has 2 aromatic carbocycles. The van der Waals surface area contributed by atoms with Crippen LogP contribution in [0.4, 0.5) is 13.2 Å². The van der Waals surface area contributed by atoms with Crippen LogP contribution in [-0.4, -0.2) is 29.4 Å². The number of fused-ring (bicyclic) bond motifs is 1. The van der Waals surface area contributed by atoms with Crippen molar-refractivity contribution < 1.29 is 18.3 Å². The van der Waals surface area contributed by atoms with Gasteiger partial charge in [-0.3, -0.25) is 9.36 Å². The van der Waals surface area contributed by atoms with Crippen LogP contribution in [0.5, 0.6) is 0 Å². The van der Waals surface area contributed by atoms with Gasteiger partial charge in [-0.1, -0.05) is 18.2 Å². The Bertz CT molecular complexity index is 1570. The van der Waals surface area contributed by atoms with Gasteiger partial charge in [0.25, 0.3) is 5.56 Å². The maximum Gasteiger partial charge on any atom is 0.271 e. The lowest BCUT2D eigenvalue weighted by atomic mass is 9.86. The summed E-state index contributed by atoms with van der Waals surface area (Å²) in [7, 11) is 0. The van der Waals surface area contributed by atoms with Gasteiger partial charge in [-0.2, -0.15) is 5.10 Å². The lowest BCUT2D eigenvalue weighted by Gasteiger charge is -2.35. The summed E-state index contributed by atoms with van der Waals surface area (Å²) in [6.07, 6.45) is 3.89. The Morgan fingerprint density at radius 2 is 1.80 bits per heavy atom. The van der Waals surface area contributed by atoms with Gasteiger partial charge in [0.1, 0.15) is 40.4 Å². The number of hydrogen-bond donors (Lipinski definition) is 1. The third-order valence-electron chi connectivity index (χ3n) is 5.97. The Hall–Kier alpha value is -3.83. The second kappa shape index (κ2) is 8.75. The Labute approximate surface area is 200 Å². The lowest BCUT2D eigenvalue weighted by Crippen LogP contribution is -2.43. The van der Waals surface area contributed by atoms with Gasteiger partial charge in [-0.15, -0.1) is 11.3 Å². The highest BCUT2D eigenvalue weighted by Gasteiger charge is 2.41. The van der Waals surface area contributed by atoms with Gasteiger partial charge in [0.15, 0.2) is 0 Å². The van der Waals surface area contributed by atoms with Crippen LogP contribution in [0.1, 0.15) is 18.5 Å². The summed E-state index contributed by atoms with van der Waals surface area (Å²) < 4.78 is 44.6. The summed E-state index contributed by atoms with van der Waals surface area (Å²) in [5.74, 6) is -2.13. The highest BCUT2D eigenvalue weighted by atomic mass is 32.1. The average molecular weight is 498 g/mol. The van der Waals surface area contributed by atoms with Crippen molar-refractivity contribution >= 4 is 21.6 Å². The summed E-state index contributed by atoms with van der Waals surface area (Å²) in [6, 6.07) is 9.42. The number of hydrogen-bond acceptors (Lipinski definition) is 6. The Morgan fingerprint density at radius 3 is 2.49 bits per heavy atom. The molecule has 0 aliphatic rings. The maximum absolute atomic E-state index is 14.9. The SMILES string of the molecule is C[C@@H](n1cnc2cc(-c3ccc(F)cc3)sc2c1=O)[C@](O)(Cn1cncn1)c1ccc(F)cc1F. The highest BCUT2D eigenvalue weighted by molar-refractivity contribution is 7.22. The van der Waals surface area contributed by atoms with Crippen molar-refractivity contribution in [2.75, 3.05) is 0 Å². The van der Waals surface area contributed by atoms with Crippen LogP contribution >= 0.6 is 11.3 Å². The molecular formula is C24H18F3N5O2S. The van der Waals surface area contributed by atoms with E-state index in [0.717, 1.165) is 22.6 Å². The van der Waals surface area contributed by atoms with Gasteiger partial charge in [0.05, 0.1) is 24.4 Å². The van der Waals surface area contributed by atoms with E-state index in [9.17, 15) is 23.1 Å². The molecule has 178 valence electrons. The van der Waals surface area contributed by atoms with E-state index in [1.807, 2.05) is 0 Å². The monoisotopic (exact) mass is 497 g/mol. The van der Waals surface area contributed by atoms with Crippen molar-refractivity contribution in [1.29, 1.82) is 0 Å². The van der Waals surface area contributed by atoms with Crippen LogP contribution in [0.2, 0.25) is 0 Å². The zero-order valence-corrected chi connectivity index (χ0v) is 19.1. The predicted molar refractivity (Wildman–Crippen MR) is 124 cm³/mol. The van der Waals surface area contributed by atoms with Crippen LogP contribution < -0.4 is 5.56 Å². The molecule has 5 rings (SSSR count). The molecule has 0 spiro atoms. The van der Waals surface area contributed by atoms with E-state index < -0.39 is 28.8 Å². The normalized spacial score (nSPS) is 14.2. The van der Waals surface area contributed by atoms with Gasteiger partial charge in [0, 0.05) is 16.5 Å². The first kappa shape index (κ1) is 22.9. The average Bonchev–Trinajstić information content (AvgIpc) is 3.49. The predicted octanol–water partition coefficient (Wildman–Crippen LogP) is 4.28. The van der Waals surface area contributed by atoms with Gasteiger partial charge in [-0.25, -0.2) is 27.8 Å². The first-order valence-corrected chi connectivity index (χ1v) is 11.3. The fourth-order valence-corrected chi connectivity index (χ4v) is 5.08. The molecule has 0 amide bonds. The van der Waals surface area contributed by atoms with Crippen LogP contribution in [0, 0.1) is 17.5 Å². The number of nitrogens with zero attached hydrogens (tertiary/aromatic N) is 5. The summed E-state index contributed by atoms with van der Waals surface area (Å²) in [4.78, 5) is 22.4. The van der Waals surface area contributed by atoms with E-state index in [1.165, 1.54) is 51.7 Å². The molecule has 0 bridgehead atoms. The minimum Gasteiger partial charge on any atom is -0.381 e. The van der Waals surface area contributed by atoms with Crippen molar-refractivity contribution in [3.05, 3.63) is 101 Å². The number of thiophene rings is 1. The van der Waals surface area contributed by atoms with Crippen molar-refractivity contribution in [1.82, 2.24) is 24.3 Å². The third-order valence-corrected chi connectivity index (χ3v) is 7.13. The fraction of sp³-hybridized carbons (Fsp3) is 0.167. The van der Waals surface area contributed by atoms with Crippen LogP contribution in [0.3, 0.4) is 0 Å². The molecule has 0 saturated carbocycles. The zero-order chi connectivity index (χ0) is 24.7. The lowest BCUT2D eigenvalue weighted by molar-refractivity contribution is -0.0343. The Balaban J connectivity index is 1.62. The van der Waals surface area contributed by atoms with Gasteiger partial charge in [0.2, 0.25) is 0 Å². The van der Waals surface area contributed by atoms with Gasteiger partial charge in [-0.05, 0) is 36.8 Å². The number of aromatic nitrogens is 5. The smallest absolute Gasteiger partial charge is 0.271 e. The summed E-state index contributed by atoms with van der Waals surface area (Å²) >= 11 is 1.18. The van der Waals surface area contributed by atoms with Crippen LogP contribution in [0.15, 0.2) is 72.3 Å². The van der Waals surface area contributed by atoms with E-state index in [2.05, 4.69) is 15.1 Å². The third kappa shape index (κ3) is 4.13. The molecule has 0 aliphatic heterocycles. The van der Waals surface area contributed by atoms with Crippen molar-refractivity contribution in [3.8, 4) is 10.4 Å². The molecule has 11 heteroatoms. The summed E-state index contributed by atoms with van der Waals surface area (Å²) in [6.45, 7) is 1.29. The Morgan fingerprint density at radius 1 is 1.06 bits per heavy atom. The molecule has 35 heavy (non-hydrogen) atoms. The van der Waals surface area contributed by atoms with E-state index in [-0.39, 0.29) is 17.9 Å². The largest absolute Gasteiger partial charge is 0.381 e. The first-order chi connectivity index (χ1) is 16.8. The van der Waals surface area contributed by atoms with Gasteiger partial charge < -0.3 is 5.11 Å². The highest BCUT2D eigenvalue weighted by Crippen LogP contribution is 2.37. The fourth-order valence-electron chi connectivity index (χ4n) is 4.03. The molecule has 5 aromatic rings. The molecule has 0 saturated heterocycles. The van der Waals surface area contributed by atoms with Crippen LogP contribution in [0.25, 0.3) is 20.7 Å². The molecule has 0 radical (unpaired) electrons. The standard InChI is InChI=1S/C24H18F3N5O2S/c1-14(24(34,10-31-12-28-11-30-31)18-7-6-17(26)8-19(18)27)32-13-29-20-9-21(35-22(20)23(32)33)15-2-4-16(25)5-3-15/h2-9,11-14,34H,10H2,1H3/t14-,24-/m1/s1. The van der Waals surface area contributed by atoms with E-state index in [0.29, 0.717) is 16.3 Å². The second-order valence-electron chi connectivity index (χ2n) is 8.11. The molecule has 1 N–H and O–H groups in total. The van der Waals surface area contributed by atoms with E-state index in [4.69, 9.17) is 0 Å². The number of benzene rings is 2. The molecular weight excluding hydrogens is 479 g/mol. The van der Waals surface area contributed by atoms with Crippen molar-refractivity contribution in [3.63, 3.8) is 0 Å². The second-order valence-corrected chi connectivity index (χ2v) is 9.16. The molecule has 0 aliphatic carbocycles. The van der Waals surface area contributed by atoms with E-state index in [1.54, 1.807) is 25.1 Å². The molecule has 3 heterocycles. The number of aliphatic hydroxyl groups is 1. The summed E-state index contributed by atoms with van der Waals surface area (Å²) in [5, 5.41) is 15.8. The topological polar surface area (TPSA) is 85.8 Å². The molecule has 2 atom stereocenters. The first-order valence-electron chi connectivity index (χ1n) is 10.5. The maximum atomic E-state index is 14.9.